The van der Waals surface area contributed by atoms with E-state index in [0.29, 0.717) is 24.8 Å². The van der Waals surface area contributed by atoms with Crippen molar-refractivity contribution in [3.63, 3.8) is 0 Å². The van der Waals surface area contributed by atoms with Crippen LogP contribution in [0, 0.1) is 0 Å². The first-order valence-corrected chi connectivity index (χ1v) is 9.30. The topological polar surface area (TPSA) is 67.3 Å². The van der Waals surface area contributed by atoms with Crippen molar-refractivity contribution in [1.29, 1.82) is 0 Å². The van der Waals surface area contributed by atoms with Crippen LogP contribution in [0.3, 0.4) is 0 Å². The Balaban J connectivity index is 1.37. The molecule has 0 spiro atoms. The molecular formula is C20H24N4O2. The van der Waals surface area contributed by atoms with E-state index >= 15 is 0 Å². The van der Waals surface area contributed by atoms with Crippen molar-refractivity contribution < 1.29 is 9.53 Å². The van der Waals surface area contributed by atoms with Gasteiger partial charge in [-0.1, -0.05) is 18.2 Å². The Labute approximate surface area is 153 Å². The highest BCUT2D eigenvalue weighted by Gasteiger charge is 2.24. The number of carbonyl (C=O) groups excluding carboxylic acids is 1. The quantitative estimate of drug-likeness (QED) is 0.910. The lowest BCUT2D eigenvalue weighted by Crippen LogP contribution is -2.39. The molecule has 1 fully saturated rings. The molecule has 6 nitrogen and oxygen atoms in total. The van der Waals surface area contributed by atoms with E-state index in [4.69, 9.17) is 9.72 Å². The monoisotopic (exact) mass is 352 g/mol. The molecule has 136 valence electrons. The van der Waals surface area contributed by atoms with Gasteiger partial charge in [0.05, 0.1) is 5.69 Å². The Hall–Kier alpha value is -2.47. The highest BCUT2D eigenvalue weighted by Crippen LogP contribution is 2.23. The molecule has 1 aromatic heterocycles. The van der Waals surface area contributed by atoms with Gasteiger partial charge in [-0.05, 0) is 31.5 Å². The summed E-state index contributed by atoms with van der Waals surface area (Å²) in [5.41, 5.74) is 2.14. The number of carbonyl (C=O) groups is 1. The molecule has 26 heavy (non-hydrogen) atoms. The van der Waals surface area contributed by atoms with Crippen molar-refractivity contribution in [1.82, 2.24) is 20.2 Å². The molecule has 2 aromatic rings. The van der Waals surface area contributed by atoms with E-state index in [-0.39, 0.29) is 12.5 Å². The normalized spacial score (nSPS) is 19.7. The molecule has 0 aliphatic carbocycles. The maximum absolute atomic E-state index is 12.4. The van der Waals surface area contributed by atoms with Gasteiger partial charge in [0.15, 0.2) is 6.61 Å². The van der Waals surface area contributed by atoms with E-state index in [1.165, 1.54) is 6.42 Å². The van der Waals surface area contributed by atoms with E-state index < -0.39 is 0 Å². The summed E-state index contributed by atoms with van der Waals surface area (Å²) in [5, 5.41) is 3.42. The third kappa shape index (κ3) is 3.85. The summed E-state index contributed by atoms with van der Waals surface area (Å²) >= 11 is 0. The smallest absolute Gasteiger partial charge is 0.260 e. The number of nitrogens with zero attached hydrogens (tertiary/aromatic N) is 3. The lowest BCUT2D eigenvalue weighted by molar-refractivity contribution is -0.134. The van der Waals surface area contributed by atoms with Crippen LogP contribution in [0.4, 0.5) is 0 Å². The van der Waals surface area contributed by atoms with Gasteiger partial charge in [-0.3, -0.25) is 4.79 Å². The number of piperidine rings is 1. The first-order chi connectivity index (χ1) is 12.8. The molecule has 3 heterocycles. The van der Waals surface area contributed by atoms with E-state index in [1.807, 2.05) is 41.4 Å². The molecule has 1 amide bonds. The van der Waals surface area contributed by atoms with Crippen molar-refractivity contribution in [3.8, 4) is 5.75 Å². The highest BCUT2D eigenvalue weighted by atomic mass is 16.5. The summed E-state index contributed by atoms with van der Waals surface area (Å²) in [6.07, 6.45) is 5.01. The Morgan fingerprint density at radius 2 is 2.19 bits per heavy atom. The summed E-state index contributed by atoms with van der Waals surface area (Å²) in [6, 6.07) is 9.43. The Kier molecular flexibility index (Phi) is 5.11. The Bertz CT molecular complexity index is 760. The fourth-order valence-corrected chi connectivity index (χ4v) is 3.57. The molecule has 2 aliphatic heterocycles. The summed E-state index contributed by atoms with van der Waals surface area (Å²) in [7, 11) is 0. The van der Waals surface area contributed by atoms with Gasteiger partial charge in [0.25, 0.3) is 5.91 Å². The number of amides is 1. The van der Waals surface area contributed by atoms with Gasteiger partial charge in [-0.15, -0.1) is 0 Å². The number of para-hydroxylation sites is 1. The van der Waals surface area contributed by atoms with Crippen molar-refractivity contribution in [2.45, 2.75) is 31.7 Å². The van der Waals surface area contributed by atoms with Crippen molar-refractivity contribution in [3.05, 3.63) is 53.6 Å². The van der Waals surface area contributed by atoms with Crippen LogP contribution in [0.5, 0.6) is 5.75 Å². The van der Waals surface area contributed by atoms with Gasteiger partial charge in [0, 0.05) is 43.7 Å². The van der Waals surface area contributed by atoms with Crippen molar-refractivity contribution in [2.75, 3.05) is 26.2 Å². The van der Waals surface area contributed by atoms with Crippen LogP contribution in [0.2, 0.25) is 0 Å². The van der Waals surface area contributed by atoms with Gasteiger partial charge in [0.1, 0.15) is 11.6 Å². The fraction of sp³-hybridized carbons (Fsp3) is 0.450. The minimum atomic E-state index is 0.0000557. The largest absolute Gasteiger partial charge is 0.484 e. The fourth-order valence-electron chi connectivity index (χ4n) is 3.57. The maximum Gasteiger partial charge on any atom is 0.260 e. The molecule has 2 aliphatic rings. The minimum absolute atomic E-state index is 0.0000557. The van der Waals surface area contributed by atoms with Crippen LogP contribution < -0.4 is 10.1 Å². The average molecular weight is 352 g/mol. The number of hydrogen-bond donors (Lipinski definition) is 1. The van der Waals surface area contributed by atoms with E-state index in [0.717, 1.165) is 43.0 Å². The Morgan fingerprint density at radius 3 is 3.00 bits per heavy atom. The summed E-state index contributed by atoms with van der Waals surface area (Å²) < 4.78 is 5.58. The standard InChI is InChI=1S/C20H24N4O2/c25-19(14-26-17-6-2-1-3-7-17)24-10-8-18-16(13-24)12-22-20(23-18)15-5-4-9-21-11-15/h1-3,6-7,12,15,21H,4-5,8-11,13-14H2/t15-/m1/s1. The SMILES string of the molecule is O=C(COc1ccccc1)N1CCc2nc([C@@H]3CCCNC3)ncc2C1. The van der Waals surface area contributed by atoms with Crippen LogP contribution in [0.25, 0.3) is 0 Å². The van der Waals surface area contributed by atoms with E-state index in [1.54, 1.807) is 0 Å². The van der Waals surface area contributed by atoms with Gasteiger partial charge in [-0.2, -0.15) is 0 Å². The predicted octanol–water partition coefficient (Wildman–Crippen LogP) is 1.91. The number of aromatic nitrogens is 2. The molecule has 1 saturated heterocycles. The molecular weight excluding hydrogens is 328 g/mol. The first kappa shape index (κ1) is 17.0. The molecule has 0 saturated carbocycles. The summed E-state index contributed by atoms with van der Waals surface area (Å²) in [4.78, 5) is 23.7. The van der Waals surface area contributed by atoms with Gasteiger partial charge in [0.2, 0.25) is 0 Å². The van der Waals surface area contributed by atoms with E-state index in [2.05, 4.69) is 10.3 Å². The second-order valence-electron chi connectivity index (χ2n) is 6.91. The van der Waals surface area contributed by atoms with Crippen LogP contribution in [-0.2, 0) is 17.8 Å². The van der Waals surface area contributed by atoms with Crippen LogP contribution in [0.1, 0.15) is 35.8 Å². The zero-order chi connectivity index (χ0) is 17.8. The number of fused-ring (bicyclic) bond motifs is 1. The lowest BCUT2D eigenvalue weighted by atomic mass is 9.98. The van der Waals surface area contributed by atoms with Crippen LogP contribution in [-0.4, -0.2) is 47.0 Å². The molecule has 0 bridgehead atoms. The zero-order valence-corrected chi connectivity index (χ0v) is 14.9. The molecule has 4 rings (SSSR count). The number of hydrogen-bond acceptors (Lipinski definition) is 5. The van der Waals surface area contributed by atoms with Gasteiger partial charge in [-0.25, -0.2) is 9.97 Å². The first-order valence-electron chi connectivity index (χ1n) is 9.30. The molecule has 0 unspecified atom stereocenters. The number of benzene rings is 1. The Morgan fingerprint density at radius 1 is 1.31 bits per heavy atom. The second kappa shape index (κ2) is 7.83. The van der Waals surface area contributed by atoms with Crippen molar-refractivity contribution >= 4 is 5.91 Å². The molecule has 1 atom stereocenters. The average Bonchev–Trinajstić information content (AvgIpc) is 2.72. The van der Waals surface area contributed by atoms with E-state index in [9.17, 15) is 4.79 Å². The predicted molar refractivity (Wildman–Crippen MR) is 97.9 cm³/mol. The number of ether oxygens (including phenoxy) is 1. The van der Waals surface area contributed by atoms with Crippen LogP contribution in [0.15, 0.2) is 36.5 Å². The molecule has 1 N–H and O–H groups in total. The molecule has 6 heteroatoms. The van der Waals surface area contributed by atoms with Gasteiger partial charge < -0.3 is 15.0 Å². The minimum Gasteiger partial charge on any atom is -0.484 e. The highest BCUT2D eigenvalue weighted by molar-refractivity contribution is 5.78. The number of rotatable bonds is 4. The van der Waals surface area contributed by atoms with Crippen LogP contribution >= 0.6 is 0 Å². The lowest BCUT2D eigenvalue weighted by Gasteiger charge is -2.29. The third-order valence-electron chi connectivity index (χ3n) is 5.07. The number of nitrogens with one attached hydrogen (secondary N) is 1. The zero-order valence-electron chi connectivity index (χ0n) is 14.9. The van der Waals surface area contributed by atoms with Gasteiger partial charge >= 0.3 is 0 Å². The third-order valence-corrected chi connectivity index (χ3v) is 5.07. The molecule has 0 radical (unpaired) electrons. The van der Waals surface area contributed by atoms with Crippen molar-refractivity contribution in [2.24, 2.45) is 0 Å². The maximum atomic E-state index is 12.4. The molecule has 1 aromatic carbocycles. The second-order valence-corrected chi connectivity index (χ2v) is 6.91. The summed E-state index contributed by atoms with van der Waals surface area (Å²) in [5.74, 6) is 2.07. The summed E-state index contributed by atoms with van der Waals surface area (Å²) in [6.45, 7) is 3.36.